The Labute approximate surface area is 179 Å². The van der Waals surface area contributed by atoms with Crippen molar-refractivity contribution in [3.05, 3.63) is 71.3 Å². The highest BCUT2D eigenvalue weighted by Crippen LogP contribution is 2.37. The Bertz CT molecular complexity index is 1310. The van der Waals surface area contributed by atoms with Crippen molar-refractivity contribution in [3.63, 3.8) is 0 Å². The first-order chi connectivity index (χ1) is 15.3. The summed E-state index contributed by atoms with van der Waals surface area (Å²) in [6, 6.07) is 6.29. The summed E-state index contributed by atoms with van der Waals surface area (Å²) in [6.45, 7) is 2.28. The van der Waals surface area contributed by atoms with Crippen LogP contribution in [0.3, 0.4) is 0 Å². The van der Waals surface area contributed by atoms with Gasteiger partial charge in [-0.05, 0) is 25.1 Å². The molecule has 1 aliphatic heterocycles. The molecule has 0 bridgehead atoms. The first-order valence-corrected chi connectivity index (χ1v) is 9.86. The topological polar surface area (TPSA) is 64.3 Å². The molecule has 10 heteroatoms. The summed E-state index contributed by atoms with van der Waals surface area (Å²) in [7, 11) is 0. The first-order valence-electron chi connectivity index (χ1n) is 9.86. The van der Waals surface area contributed by atoms with E-state index in [1.54, 1.807) is 25.1 Å². The van der Waals surface area contributed by atoms with Crippen molar-refractivity contribution >= 4 is 11.5 Å². The minimum Gasteiger partial charge on any atom is -0.493 e. The largest absolute Gasteiger partial charge is 0.493 e. The van der Waals surface area contributed by atoms with Crippen LogP contribution in [0.15, 0.2) is 43.0 Å². The summed E-state index contributed by atoms with van der Waals surface area (Å²) in [5, 5.41) is 2.96. The Kier molecular flexibility index (Phi) is 4.72. The standard InChI is InChI=1S/C22H17F4N5O/c1-12-2-3-13(8-27-12)15-9-28-21(31-11-30-20(19(15)31)22(24,25)26)29-10-16-14-6-7-32-18(14)5-4-17(16)23/h2-5,8-9,11H,6-7,10H2,1H3,(H,28,29). The fourth-order valence-corrected chi connectivity index (χ4v) is 3.87. The number of ether oxygens (including phenoxy) is 1. The highest BCUT2D eigenvalue weighted by atomic mass is 19.4. The number of fused-ring (bicyclic) bond motifs is 2. The molecule has 6 nitrogen and oxygen atoms in total. The van der Waals surface area contributed by atoms with E-state index >= 15 is 0 Å². The van der Waals surface area contributed by atoms with Gasteiger partial charge < -0.3 is 10.1 Å². The SMILES string of the molecule is Cc1ccc(-c2cnc(NCc3c(F)ccc4c3CCO4)n3cnc(C(F)(F)F)c23)cn1. The molecule has 0 amide bonds. The van der Waals surface area contributed by atoms with Crippen molar-refractivity contribution in [2.45, 2.75) is 26.1 Å². The predicted molar refractivity (Wildman–Crippen MR) is 109 cm³/mol. The maximum Gasteiger partial charge on any atom is 0.435 e. The molecule has 1 N–H and O–H groups in total. The van der Waals surface area contributed by atoms with Gasteiger partial charge in [-0.1, -0.05) is 6.07 Å². The van der Waals surface area contributed by atoms with Gasteiger partial charge in [0.15, 0.2) is 5.69 Å². The van der Waals surface area contributed by atoms with Gasteiger partial charge in [-0.25, -0.2) is 14.4 Å². The van der Waals surface area contributed by atoms with Gasteiger partial charge in [-0.2, -0.15) is 13.2 Å². The lowest BCUT2D eigenvalue weighted by Crippen LogP contribution is -2.11. The Balaban J connectivity index is 1.59. The molecule has 0 saturated heterocycles. The number of halogens is 4. The lowest BCUT2D eigenvalue weighted by atomic mass is 10.0. The van der Waals surface area contributed by atoms with Crippen LogP contribution in [0.1, 0.15) is 22.5 Å². The van der Waals surface area contributed by atoms with Crippen LogP contribution in [0.4, 0.5) is 23.5 Å². The van der Waals surface area contributed by atoms with Crippen LogP contribution < -0.4 is 10.1 Å². The molecule has 3 aromatic heterocycles. The van der Waals surface area contributed by atoms with Crippen LogP contribution in [0.2, 0.25) is 0 Å². The quantitative estimate of drug-likeness (QED) is 0.459. The number of pyridine rings is 1. The maximum absolute atomic E-state index is 14.4. The molecule has 0 fully saturated rings. The number of nitrogens with zero attached hydrogens (tertiary/aromatic N) is 4. The second-order valence-corrected chi connectivity index (χ2v) is 7.45. The Morgan fingerprint density at radius 1 is 1.09 bits per heavy atom. The lowest BCUT2D eigenvalue weighted by molar-refractivity contribution is -0.139. The zero-order valence-corrected chi connectivity index (χ0v) is 16.9. The smallest absolute Gasteiger partial charge is 0.435 e. The summed E-state index contributed by atoms with van der Waals surface area (Å²) < 4.78 is 62.3. The molecular formula is C22H17F4N5O. The van der Waals surface area contributed by atoms with E-state index in [9.17, 15) is 17.6 Å². The second kappa shape index (κ2) is 7.47. The number of rotatable bonds is 4. The zero-order chi connectivity index (χ0) is 22.5. The number of benzene rings is 1. The Morgan fingerprint density at radius 2 is 1.94 bits per heavy atom. The third kappa shape index (κ3) is 3.41. The average molecular weight is 443 g/mol. The van der Waals surface area contributed by atoms with Gasteiger partial charge >= 0.3 is 6.18 Å². The molecule has 32 heavy (non-hydrogen) atoms. The minimum absolute atomic E-state index is 0.0332. The third-order valence-corrected chi connectivity index (χ3v) is 5.42. The zero-order valence-electron chi connectivity index (χ0n) is 16.9. The van der Waals surface area contributed by atoms with Gasteiger partial charge in [0.1, 0.15) is 17.9 Å². The molecule has 4 heterocycles. The van der Waals surface area contributed by atoms with Crippen molar-refractivity contribution in [1.82, 2.24) is 19.4 Å². The molecule has 5 rings (SSSR count). The average Bonchev–Trinajstić information content (AvgIpc) is 3.41. The number of hydrogen-bond acceptors (Lipinski definition) is 5. The van der Waals surface area contributed by atoms with Gasteiger partial charge in [0.05, 0.1) is 12.1 Å². The summed E-state index contributed by atoms with van der Waals surface area (Å²) >= 11 is 0. The molecule has 1 aliphatic rings. The number of imidazole rings is 1. The van der Waals surface area contributed by atoms with E-state index in [4.69, 9.17) is 4.74 Å². The molecule has 0 unspecified atom stereocenters. The monoisotopic (exact) mass is 443 g/mol. The summed E-state index contributed by atoms with van der Waals surface area (Å²) in [5.41, 5.74) is 1.43. The van der Waals surface area contributed by atoms with E-state index < -0.39 is 17.7 Å². The minimum atomic E-state index is -4.66. The number of alkyl halides is 3. The van der Waals surface area contributed by atoms with Crippen molar-refractivity contribution < 1.29 is 22.3 Å². The van der Waals surface area contributed by atoms with Crippen LogP contribution in [-0.4, -0.2) is 26.0 Å². The number of anilines is 1. The van der Waals surface area contributed by atoms with Crippen LogP contribution in [0.25, 0.3) is 16.6 Å². The van der Waals surface area contributed by atoms with Gasteiger partial charge in [0, 0.05) is 53.3 Å². The van der Waals surface area contributed by atoms with E-state index in [-0.39, 0.29) is 23.6 Å². The molecule has 4 aromatic rings. The van der Waals surface area contributed by atoms with E-state index in [1.165, 1.54) is 22.9 Å². The van der Waals surface area contributed by atoms with Crippen molar-refractivity contribution in [2.75, 3.05) is 11.9 Å². The number of aryl methyl sites for hydroxylation is 1. The molecule has 0 saturated carbocycles. The maximum atomic E-state index is 14.4. The summed E-state index contributed by atoms with van der Waals surface area (Å²) in [4.78, 5) is 12.1. The Morgan fingerprint density at radius 3 is 2.69 bits per heavy atom. The van der Waals surface area contributed by atoms with Gasteiger partial charge in [-0.3, -0.25) is 9.38 Å². The number of hydrogen-bond donors (Lipinski definition) is 1. The molecule has 0 spiro atoms. The predicted octanol–water partition coefficient (Wildman–Crippen LogP) is 4.80. The number of nitrogens with one attached hydrogen (secondary N) is 1. The summed E-state index contributed by atoms with van der Waals surface area (Å²) in [5.74, 6) is 0.315. The lowest BCUT2D eigenvalue weighted by Gasteiger charge is -2.14. The van der Waals surface area contributed by atoms with Gasteiger partial charge in [0.25, 0.3) is 0 Å². The van der Waals surface area contributed by atoms with Crippen molar-refractivity contribution in [1.29, 1.82) is 0 Å². The molecule has 0 radical (unpaired) electrons. The first kappa shape index (κ1) is 20.2. The van der Waals surface area contributed by atoms with Gasteiger partial charge in [-0.15, -0.1) is 0 Å². The van der Waals surface area contributed by atoms with E-state index in [1.807, 2.05) is 0 Å². The highest BCUT2D eigenvalue weighted by molar-refractivity contribution is 5.82. The fraction of sp³-hybridized carbons (Fsp3) is 0.227. The third-order valence-electron chi connectivity index (χ3n) is 5.42. The van der Waals surface area contributed by atoms with Crippen LogP contribution in [-0.2, 0) is 19.1 Å². The van der Waals surface area contributed by atoms with Crippen molar-refractivity contribution in [3.8, 4) is 16.9 Å². The van der Waals surface area contributed by atoms with Crippen LogP contribution >= 0.6 is 0 Å². The van der Waals surface area contributed by atoms with Crippen LogP contribution in [0.5, 0.6) is 5.75 Å². The normalized spacial score (nSPS) is 13.3. The van der Waals surface area contributed by atoms with Crippen LogP contribution in [0, 0.1) is 12.7 Å². The van der Waals surface area contributed by atoms with Crippen molar-refractivity contribution in [2.24, 2.45) is 0 Å². The summed E-state index contributed by atoms with van der Waals surface area (Å²) in [6.07, 6.45) is -0.196. The highest BCUT2D eigenvalue weighted by Gasteiger charge is 2.37. The molecular weight excluding hydrogens is 426 g/mol. The molecule has 1 aromatic carbocycles. The molecule has 0 aliphatic carbocycles. The van der Waals surface area contributed by atoms with E-state index in [2.05, 4.69) is 20.3 Å². The second-order valence-electron chi connectivity index (χ2n) is 7.45. The van der Waals surface area contributed by atoms with Gasteiger partial charge in [0.2, 0.25) is 5.95 Å². The Hall–Kier alpha value is -3.69. The fourth-order valence-electron chi connectivity index (χ4n) is 3.87. The van der Waals surface area contributed by atoms with E-state index in [0.717, 1.165) is 17.6 Å². The number of aromatic nitrogens is 4. The molecule has 164 valence electrons. The molecule has 0 atom stereocenters. The van der Waals surface area contributed by atoms with E-state index in [0.29, 0.717) is 29.9 Å².